The largest absolute Gasteiger partial charge is 0.497 e. The van der Waals surface area contributed by atoms with E-state index in [0.29, 0.717) is 22.1 Å². The van der Waals surface area contributed by atoms with Crippen molar-refractivity contribution in [3.63, 3.8) is 0 Å². The molecule has 0 fully saturated rings. The minimum absolute atomic E-state index is 0.0258. The summed E-state index contributed by atoms with van der Waals surface area (Å²) in [6, 6.07) is 27.6. The zero-order valence-electron chi connectivity index (χ0n) is 24.6. The number of methoxy groups -OCH3 is 2. The number of sulfonamides is 1. The molecular weight excluding hydrogens is 602 g/mol. The molecular formula is C33H34ClN3O6S. The normalized spacial score (nSPS) is 11.7. The molecule has 9 nitrogen and oxygen atoms in total. The Labute approximate surface area is 263 Å². The maximum atomic E-state index is 14.3. The van der Waals surface area contributed by atoms with Gasteiger partial charge in [-0.15, -0.1) is 0 Å². The van der Waals surface area contributed by atoms with Gasteiger partial charge in [0.2, 0.25) is 11.8 Å². The Balaban J connectivity index is 1.79. The number of ether oxygens (including phenoxy) is 2. The molecule has 0 aliphatic rings. The van der Waals surface area contributed by atoms with Crippen LogP contribution in [0.3, 0.4) is 0 Å². The summed E-state index contributed by atoms with van der Waals surface area (Å²) >= 11 is 6.11. The van der Waals surface area contributed by atoms with E-state index in [0.717, 1.165) is 9.87 Å². The lowest BCUT2D eigenvalue weighted by atomic mass is 10.0. The van der Waals surface area contributed by atoms with Crippen molar-refractivity contribution in [2.75, 3.05) is 32.1 Å². The lowest BCUT2D eigenvalue weighted by molar-refractivity contribution is -0.139. The molecule has 230 valence electrons. The molecule has 0 heterocycles. The Hall–Kier alpha value is -4.54. The second-order valence-corrected chi connectivity index (χ2v) is 12.2. The highest BCUT2D eigenvalue weighted by Crippen LogP contribution is 2.27. The number of rotatable bonds is 13. The Morgan fingerprint density at radius 3 is 2.07 bits per heavy atom. The predicted molar refractivity (Wildman–Crippen MR) is 171 cm³/mol. The van der Waals surface area contributed by atoms with Gasteiger partial charge in [0.15, 0.2) is 0 Å². The van der Waals surface area contributed by atoms with E-state index in [2.05, 4.69) is 5.32 Å². The molecule has 1 N–H and O–H groups in total. The Bertz CT molecular complexity index is 1670. The lowest BCUT2D eigenvalue weighted by Crippen LogP contribution is -2.53. The molecule has 4 aromatic rings. The number of benzene rings is 4. The highest BCUT2D eigenvalue weighted by atomic mass is 35.5. The third kappa shape index (κ3) is 7.89. The van der Waals surface area contributed by atoms with Gasteiger partial charge in [0, 0.05) is 25.0 Å². The van der Waals surface area contributed by atoms with Crippen LogP contribution in [-0.2, 0) is 32.6 Å². The molecule has 0 bridgehead atoms. The molecule has 11 heteroatoms. The van der Waals surface area contributed by atoms with Crippen LogP contribution in [0, 0.1) is 0 Å². The molecule has 0 saturated carbocycles. The molecule has 4 aromatic carbocycles. The van der Waals surface area contributed by atoms with Crippen molar-refractivity contribution in [3.05, 3.63) is 119 Å². The first kappa shape index (κ1) is 32.4. The number of nitrogens with zero attached hydrogens (tertiary/aromatic N) is 2. The van der Waals surface area contributed by atoms with Gasteiger partial charge in [-0.2, -0.15) is 0 Å². The van der Waals surface area contributed by atoms with Gasteiger partial charge in [-0.05, 0) is 71.8 Å². The fraction of sp³-hybridized carbons (Fsp3) is 0.212. The molecule has 0 aromatic heterocycles. The number of halogens is 1. The molecule has 0 saturated heterocycles. The van der Waals surface area contributed by atoms with Crippen LogP contribution in [-0.4, -0.2) is 59.0 Å². The molecule has 44 heavy (non-hydrogen) atoms. The fourth-order valence-corrected chi connectivity index (χ4v) is 6.24. The number of carbonyl (C=O) groups excluding carboxylic acids is 2. The smallest absolute Gasteiger partial charge is 0.264 e. The van der Waals surface area contributed by atoms with E-state index in [-0.39, 0.29) is 29.5 Å². The summed E-state index contributed by atoms with van der Waals surface area (Å²) in [5.41, 5.74) is 1.78. The van der Waals surface area contributed by atoms with Crippen molar-refractivity contribution in [2.24, 2.45) is 0 Å². The van der Waals surface area contributed by atoms with Crippen LogP contribution < -0.4 is 19.1 Å². The monoisotopic (exact) mass is 635 g/mol. The average molecular weight is 636 g/mol. The van der Waals surface area contributed by atoms with Crippen LogP contribution in [0.15, 0.2) is 108 Å². The Morgan fingerprint density at radius 2 is 1.45 bits per heavy atom. The fourth-order valence-electron chi connectivity index (χ4n) is 4.70. The van der Waals surface area contributed by atoms with Crippen molar-refractivity contribution < 1.29 is 27.5 Å². The second-order valence-electron chi connectivity index (χ2n) is 9.86. The van der Waals surface area contributed by atoms with Crippen LogP contribution in [0.4, 0.5) is 5.69 Å². The molecule has 0 radical (unpaired) electrons. The van der Waals surface area contributed by atoms with Crippen molar-refractivity contribution >= 4 is 39.1 Å². The van der Waals surface area contributed by atoms with Gasteiger partial charge in [-0.1, -0.05) is 54.1 Å². The minimum Gasteiger partial charge on any atom is -0.497 e. The molecule has 4 rings (SSSR count). The van der Waals surface area contributed by atoms with Crippen LogP contribution in [0.1, 0.15) is 11.1 Å². The van der Waals surface area contributed by atoms with Crippen LogP contribution in [0.2, 0.25) is 5.02 Å². The third-order valence-electron chi connectivity index (χ3n) is 7.05. The number of anilines is 1. The molecule has 0 aliphatic carbocycles. The summed E-state index contributed by atoms with van der Waals surface area (Å²) < 4.78 is 39.7. The highest BCUT2D eigenvalue weighted by molar-refractivity contribution is 7.92. The molecule has 0 aliphatic heterocycles. The summed E-state index contributed by atoms with van der Waals surface area (Å²) in [6.07, 6.45) is 0.211. The van der Waals surface area contributed by atoms with Crippen LogP contribution in [0.25, 0.3) is 0 Å². The molecule has 0 unspecified atom stereocenters. The van der Waals surface area contributed by atoms with E-state index >= 15 is 0 Å². The van der Waals surface area contributed by atoms with Gasteiger partial charge in [0.1, 0.15) is 24.1 Å². The van der Waals surface area contributed by atoms with Gasteiger partial charge in [-0.3, -0.25) is 13.9 Å². The Kier molecular flexibility index (Phi) is 10.9. The first-order valence-electron chi connectivity index (χ1n) is 13.8. The van der Waals surface area contributed by atoms with Crippen molar-refractivity contribution in [1.82, 2.24) is 10.2 Å². The maximum Gasteiger partial charge on any atom is 0.264 e. The number of nitrogens with one attached hydrogen (secondary N) is 1. The molecule has 1 atom stereocenters. The van der Waals surface area contributed by atoms with Gasteiger partial charge in [-0.25, -0.2) is 8.42 Å². The van der Waals surface area contributed by atoms with E-state index in [4.69, 9.17) is 21.1 Å². The van der Waals surface area contributed by atoms with Crippen LogP contribution in [0.5, 0.6) is 11.5 Å². The Morgan fingerprint density at radius 1 is 0.818 bits per heavy atom. The van der Waals surface area contributed by atoms with E-state index in [1.165, 1.54) is 55.5 Å². The van der Waals surface area contributed by atoms with E-state index in [1.54, 1.807) is 37.4 Å². The topological polar surface area (TPSA) is 105 Å². The summed E-state index contributed by atoms with van der Waals surface area (Å²) in [5.74, 6) is 0.0988. The average Bonchev–Trinajstić information content (AvgIpc) is 3.05. The zero-order valence-corrected chi connectivity index (χ0v) is 26.2. The number of amides is 2. The van der Waals surface area contributed by atoms with Gasteiger partial charge in [0.05, 0.1) is 24.8 Å². The van der Waals surface area contributed by atoms with E-state index in [9.17, 15) is 18.0 Å². The minimum atomic E-state index is -4.25. The standard InChI is InChI=1S/C33H34ClN3O6S/c1-35-33(39)31(21-24-8-5-4-6-9-24)36(22-25-10-7-11-29(20-25)43-3)32(38)23-37(27-14-12-26(34)13-15-27)44(40,41)30-18-16-28(42-2)17-19-30/h4-20,31H,21-23H2,1-3H3,(H,35,39)/t31-/m1/s1. The number of hydrogen-bond donors (Lipinski definition) is 1. The molecule has 0 spiro atoms. The summed E-state index contributed by atoms with van der Waals surface area (Å²) in [5, 5.41) is 3.08. The second kappa shape index (κ2) is 14.8. The highest BCUT2D eigenvalue weighted by Gasteiger charge is 2.34. The van der Waals surface area contributed by atoms with Gasteiger partial charge < -0.3 is 19.7 Å². The summed E-state index contributed by atoms with van der Waals surface area (Å²) in [6.45, 7) is -0.555. The molecule has 2 amide bonds. The number of carbonyl (C=O) groups is 2. The SMILES string of the molecule is CNC(=O)[C@@H](Cc1ccccc1)N(Cc1cccc(OC)c1)C(=O)CN(c1ccc(Cl)cc1)S(=O)(=O)c1ccc(OC)cc1. The van der Waals surface area contributed by atoms with Crippen molar-refractivity contribution in [3.8, 4) is 11.5 Å². The van der Waals surface area contributed by atoms with E-state index in [1.807, 2.05) is 36.4 Å². The van der Waals surface area contributed by atoms with Crippen LogP contribution >= 0.6 is 11.6 Å². The summed E-state index contributed by atoms with van der Waals surface area (Å²) in [7, 11) is 0.279. The van der Waals surface area contributed by atoms with Crippen molar-refractivity contribution in [1.29, 1.82) is 0 Å². The quantitative estimate of drug-likeness (QED) is 0.223. The van der Waals surface area contributed by atoms with Gasteiger partial charge in [0.25, 0.3) is 10.0 Å². The van der Waals surface area contributed by atoms with Crippen molar-refractivity contribution in [2.45, 2.75) is 23.9 Å². The zero-order chi connectivity index (χ0) is 31.7. The van der Waals surface area contributed by atoms with Gasteiger partial charge >= 0.3 is 0 Å². The third-order valence-corrected chi connectivity index (χ3v) is 9.09. The first-order valence-corrected chi connectivity index (χ1v) is 15.6. The predicted octanol–water partition coefficient (Wildman–Crippen LogP) is 4.94. The first-order chi connectivity index (χ1) is 21.2. The summed E-state index contributed by atoms with van der Waals surface area (Å²) in [4.78, 5) is 29.1. The number of likely N-dealkylation sites (N-methyl/N-ethyl adjacent to an activating group) is 1. The lowest BCUT2D eigenvalue weighted by Gasteiger charge is -2.33. The van der Waals surface area contributed by atoms with E-state index < -0.39 is 28.5 Å². The maximum absolute atomic E-state index is 14.3. The number of hydrogen-bond acceptors (Lipinski definition) is 6.